The summed E-state index contributed by atoms with van der Waals surface area (Å²) in [5.41, 5.74) is 4.69. The zero-order valence-corrected chi connectivity index (χ0v) is 11.7. The fourth-order valence-electron chi connectivity index (χ4n) is 2.39. The van der Waals surface area contributed by atoms with Crippen molar-refractivity contribution in [3.8, 4) is 11.3 Å². The zero-order chi connectivity index (χ0) is 13.8. The van der Waals surface area contributed by atoms with Crippen molar-refractivity contribution in [2.24, 2.45) is 0 Å². The van der Waals surface area contributed by atoms with Crippen molar-refractivity contribution in [1.82, 2.24) is 14.7 Å². The Bertz CT molecular complexity index is 683. The lowest BCUT2D eigenvalue weighted by molar-refractivity contribution is 0.675. The Morgan fingerprint density at radius 3 is 2.75 bits per heavy atom. The van der Waals surface area contributed by atoms with Gasteiger partial charge in [0.1, 0.15) is 5.65 Å². The minimum Gasteiger partial charge on any atom is -0.313 e. The molecule has 2 aromatic heterocycles. The zero-order valence-electron chi connectivity index (χ0n) is 11.7. The van der Waals surface area contributed by atoms with Gasteiger partial charge >= 0.3 is 0 Å². The van der Waals surface area contributed by atoms with E-state index in [0.717, 1.165) is 18.7 Å². The fourth-order valence-corrected chi connectivity index (χ4v) is 2.39. The van der Waals surface area contributed by atoms with E-state index >= 15 is 0 Å². The standard InChI is InChI=1S/C17H19N3/c1-2-10-18-13-14-6-8-15(9-7-14)16-4-3-5-17-19-11-12-20(16)17/h3-9,11-12,18H,2,10,13H2,1H3. The summed E-state index contributed by atoms with van der Waals surface area (Å²) >= 11 is 0. The third-order valence-electron chi connectivity index (χ3n) is 3.43. The van der Waals surface area contributed by atoms with Crippen LogP contribution in [0, 0.1) is 0 Å². The topological polar surface area (TPSA) is 29.3 Å². The Morgan fingerprint density at radius 2 is 1.95 bits per heavy atom. The van der Waals surface area contributed by atoms with Gasteiger partial charge in [0.25, 0.3) is 0 Å². The van der Waals surface area contributed by atoms with Crippen LogP contribution in [0.5, 0.6) is 0 Å². The van der Waals surface area contributed by atoms with Gasteiger partial charge in [0.15, 0.2) is 0 Å². The summed E-state index contributed by atoms with van der Waals surface area (Å²) in [7, 11) is 0. The number of pyridine rings is 1. The van der Waals surface area contributed by atoms with E-state index in [9.17, 15) is 0 Å². The van der Waals surface area contributed by atoms with Crippen LogP contribution in [0.25, 0.3) is 16.9 Å². The highest BCUT2D eigenvalue weighted by molar-refractivity contribution is 5.63. The normalized spacial score (nSPS) is 11.1. The lowest BCUT2D eigenvalue weighted by Gasteiger charge is -2.07. The van der Waals surface area contributed by atoms with Crippen LogP contribution in [0.1, 0.15) is 18.9 Å². The molecular weight excluding hydrogens is 246 g/mol. The van der Waals surface area contributed by atoms with Crippen LogP contribution in [0.4, 0.5) is 0 Å². The molecule has 0 atom stereocenters. The van der Waals surface area contributed by atoms with Gasteiger partial charge in [-0.1, -0.05) is 37.3 Å². The first kappa shape index (κ1) is 12.9. The summed E-state index contributed by atoms with van der Waals surface area (Å²) in [6, 6.07) is 14.9. The smallest absolute Gasteiger partial charge is 0.137 e. The third kappa shape index (κ3) is 2.58. The molecule has 3 aromatic rings. The number of imidazole rings is 1. The van der Waals surface area contributed by atoms with Crippen LogP contribution in [-0.2, 0) is 6.54 Å². The van der Waals surface area contributed by atoms with Crippen LogP contribution in [0.2, 0.25) is 0 Å². The van der Waals surface area contributed by atoms with Gasteiger partial charge in [-0.05, 0) is 36.2 Å². The Morgan fingerprint density at radius 1 is 1.10 bits per heavy atom. The first-order valence-electron chi connectivity index (χ1n) is 7.10. The molecule has 0 aliphatic rings. The monoisotopic (exact) mass is 265 g/mol. The van der Waals surface area contributed by atoms with Crippen LogP contribution < -0.4 is 5.32 Å². The van der Waals surface area contributed by atoms with E-state index in [0.29, 0.717) is 0 Å². The molecule has 0 spiro atoms. The van der Waals surface area contributed by atoms with E-state index < -0.39 is 0 Å². The SMILES string of the molecule is CCCNCc1ccc(-c2cccc3nccn23)cc1. The second-order valence-electron chi connectivity index (χ2n) is 4.94. The highest BCUT2D eigenvalue weighted by atomic mass is 15.0. The number of nitrogens with one attached hydrogen (secondary N) is 1. The molecule has 2 heterocycles. The molecule has 1 N–H and O–H groups in total. The number of benzene rings is 1. The van der Waals surface area contributed by atoms with Gasteiger partial charge in [0.05, 0.1) is 5.69 Å². The lowest BCUT2D eigenvalue weighted by atomic mass is 10.1. The summed E-state index contributed by atoms with van der Waals surface area (Å²) in [6.45, 7) is 4.18. The average molecular weight is 265 g/mol. The fraction of sp³-hybridized carbons (Fsp3) is 0.235. The molecule has 0 amide bonds. The van der Waals surface area contributed by atoms with E-state index in [1.54, 1.807) is 0 Å². The molecule has 3 nitrogen and oxygen atoms in total. The van der Waals surface area contributed by atoms with Gasteiger partial charge in [0.2, 0.25) is 0 Å². The van der Waals surface area contributed by atoms with Crippen molar-refractivity contribution >= 4 is 5.65 Å². The molecule has 0 fully saturated rings. The van der Waals surface area contributed by atoms with Gasteiger partial charge < -0.3 is 5.32 Å². The largest absolute Gasteiger partial charge is 0.313 e. The van der Waals surface area contributed by atoms with Crippen molar-refractivity contribution in [2.75, 3.05) is 6.54 Å². The van der Waals surface area contributed by atoms with Crippen LogP contribution in [-0.4, -0.2) is 15.9 Å². The average Bonchev–Trinajstić information content (AvgIpc) is 2.97. The highest BCUT2D eigenvalue weighted by Gasteiger charge is 2.03. The van der Waals surface area contributed by atoms with E-state index in [2.05, 4.69) is 52.0 Å². The molecule has 0 radical (unpaired) electrons. The van der Waals surface area contributed by atoms with Crippen molar-refractivity contribution in [2.45, 2.75) is 19.9 Å². The molecule has 102 valence electrons. The molecule has 20 heavy (non-hydrogen) atoms. The maximum Gasteiger partial charge on any atom is 0.137 e. The van der Waals surface area contributed by atoms with E-state index in [4.69, 9.17) is 0 Å². The van der Waals surface area contributed by atoms with Gasteiger partial charge in [-0.2, -0.15) is 0 Å². The quantitative estimate of drug-likeness (QED) is 0.715. The first-order chi connectivity index (χ1) is 9.88. The molecule has 3 heteroatoms. The Balaban J connectivity index is 1.85. The summed E-state index contributed by atoms with van der Waals surface area (Å²) < 4.78 is 2.12. The van der Waals surface area contributed by atoms with Gasteiger partial charge in [-0.25, -0.2) is 4.98 Å². The molecule has 0 saturated heterocycles. The number of rotatable bonds is 5. The Labute approximate surface area is 119 Å². The molecular formula is C17H19N3. The molecule has 0 saturated carbocycles. The van der Waals surface area contributed by atoms with E-state index in [1.165, 1.54) is 23.2 Å². The maximum absolute atomic E-state index is 4.33. The lowest BCUT2D eigenvalue weighted by Crippen LogP contribution is -2.13. The summed E-state index contributed by atoms with van der Waals surface area (Å²) in [5, 5.41) is 3.42. The van der Waals surface area contributed by atoms with Crippen molar-refractivity contribution in [3.63, 3.8) is 0 Å². The first-order valence-corrected chi connectivity index (χ1v) is 7.10. The predicted molar refractivity (Wildman–Crippen MR) is 82.6 cm³/mol. The highest BCUT2D eigenvalue weighted by Crippen LogP contribution is 2.20. The Kier molecular flexibility index (Phi) is 3.79. The summed E-state index contributed by atoms with van der Waals surface area (Å²) in [4.78, 5) is 4.33. The minimum atomic E-state index is 0.934. The Hall–Kier alpha value is -2.13. The van der Waals surface area contributed by atoms with Crippen molar-refractivity contribution in [1.29, 1.82) is 0 Å². The number of aromatic nitrogens is 2. The number of fused-ring (bicyclic) bond motifs is 1. The van der Waals surface area contributed by atoms with Crippen LogP contribution in [0.15, 0.2) is 54.9 Å². The number of hydrogen-bond donors (Lipinski definition) is 1. The van der Waals surface area contributed by atoms with Gasteiger partial charge in [-0.15, -0.1) is 0 Å². The van der Waals surface area contributed by atoms with Crippen molar-refractivity contribution < 1.29 is 0 Å². The minimum absolute atomic E-state index is 0.934. The van der Waals surface area contributed by atoms with Crippen LogP contribution >= 0.6 is 0 Å². The number of hydrogen-bond acceptors (Lipinski definition) is 2. The summed E-state index contributed by atoms with van der Waals surface area (Å²) in [5.74, 6) is 0. The molecule has 3 rings (SSSR count). The summed E-state index contributed by atoms with van der Waals surface area (Å²) in [6.07, 6.45) is 5.00. The van der Waals surface area contributed by atoms with Gasteiger partial charge in [-0.3, -0.25) is 4.40 Å². The molecule has 0 aliphatic carbocycles. The van der Waals surface area contributed by atoms with E-state index in [1.807, 2.05) is 24.5 Å². The second kappa shape index (κ2) is 5.88. The predicted octanol–water partition coefficient (Wildman–Crippen LogP) is 3.50. The molecule has 1 aromatic carbocycles. The van der Waals surface area contributed by atoms with Crippen molar-refractivity contribution in [3.05, 3.63) is 60.4 Å². The third-order valence-corrected chi connectivity index (χ3v) is 3.43. The van der Waals surface area contributed by atoms with Gasteiger partial charge in [0, 0.05) is 18.9 Å². The molecule has 0 unspecified atom stereocenters. The molecule has 0 aliphatic heterocycles. The number of nitrogens with zero attached hydrogens (tertiary/aromatic N) is 2. The van der Waals surface area contributed by atoms with E-state index in [-0.39, 0.29) is 0 Å². The molecule has 0 bridgehead atoms. The van der Waals surface area contributed by atoms with Crippen LogP contribution in [0.3, 0.4) is 0 Å². The maximum atomic E-state index is 4.33. The second-order valence-corrected chi connectivity index (χ2v) is 4.94.